The first kappa shape index (κ1) is 25.7. The third-order valence-corrected chi connectivity index (χ3v) is 6.01. The number of rotatable bonds is 7. The molecule has 10 heteroatoms. The van der Waals surface area contributed by atoms with Gasteiger partial charge < -0.3 is 10.1 Å². The van der Waals surface area contributed by atoms with E-state index >= 15 is 0 Å². The average molecular weight is 506 g/mol. The lowest BCUT2D eigenvalue weighted by Crippen LogP contribution is -2.38. The van der Waals surface area contributed by atoms with Gasteiger partial charge in [-0.2, -0.15) is 23.7 Å². The van der Waals surface area contributed by atoms with Gasteiger partial charge in [0.2, 0.25) is 5.88 Å². The molecular formula is C27H22F3N5O2. The first-order valence-electron chi connectivity index (χ1n) is 11.5. The maximum atomic E-state index is 12.7. The zero-order valence-electron chi connectivity index (χ0n) is 19.6. The number of likely N-dealkylation sites (tertiary alicyclic amines) is 1. The zero-order chi connectivity index (χ0) is 26.4. The number of nitriles is 2. The number of aromatic nitrogens is 1. The fraction of sp³-hybridized carbons (Fsp3) is 0.259. The maximum Gasteiger partial charge on any atom is 0.422 e. The van der Waals surface area contributed by atoms with Crippen molar-refractivity contribution in [2.24, 2.45) is 0 Å². The van der Waals surface area contributed by atoms with E-state index in [2.05, 4.69) is 21.3 Å². The van der Waals surface area contributed by atoms with Crippen LogP contribution < -0.4 is 10.1 Å². The van der Waals surface area contributed by atoms with E-state index in [4.69, 9.17) is 15.3 Å². The predicted octanol–water partition coefficient (Wildman–Crippen LogP) is 4.36. The molecule has 2 unspecified atom stereocenters. The van der Waals surface area contributed by atoms with Crippen molar-refractivity contribution < 1.29 is 22.7 Å². The van der Waals surface area contributed by atoms with Crippen molar-refractivity contribution in [2.75, 3.05) is 19.7 Å². The Hall–Kier alpha value is -4.41. The van der Waals surface area contributed by atoms with Gasteiger partial charge in [0.1, 0.15) is 0 Å². The van der Waals surface area contributed by atoms with Gasteiger partial charge in [-0.1, -0.05) is 18.2 Å². The molecule has 1 aliphatic heterocycles. The number of ether oxygens (including phenoxy) is 1. The smallest absolute Gasteiger partial charge is 0.422 e. The molecule has 2 heterocycles. The second kappa shape index (κ2) is 11.1. The van der Waals surface area contributed by atoms with Crippen molar-refractivity contribution in [3.63, 3.8) is 0 Å². The summed E-state index contributed by atoms with van der Waals surface area (Å²) in [5, 5.41) is 21.1. The number of amides is 1. The monoisotopic (exact) mass is 505 g/mol. The standard InChI is InChI=1S/C27H22F3N5O2/c28-27(29,30)17-37-24-10-9-22(15-33-24)25(20-5-1-18(13-31)2-6-20)35-12-11-23(16-35)34-26(36)21-7-3-19(14-32)4-8-21/h1-10,15,23,25H,11-12,16-17H2,(H,34,36). The van der Waals surface area contributed by atoms with Crippen LogP contribution in [-0.2, 0) is 0 Å². The molecule has 0 aliphatic carbocycles. The van der Waals surface area contributed by atoms with Crippen LogP contribution in [0.15, 0.2) is 66.9 Å². The number of alkyl halides is 3. The van der Waals surface area contributed by atoms with Crippen LogP contribution in [0.5, 0.6) is 5.88 Å². The van der Waals surface area contributed by atoms with Crippen LogP contribution in [0.3, 0.4) is 0 Å². The van der Waals surface area contributed by atoms with Gasteiger partial charge in [-0.05, 0) is 53.9 Å². The number of hydrogen-bond donors (Lipinski definition) is 1. The summed E-state index contributed by atoms with van der Waals surface area (Å²) in [6.45, 7) is -0.251. The van der Waals surface area contributed by atoms with Crippen molar-refractivity contribution in [3.8, 4) is 18.0 Å². The summed E-state index contributed by atoms with van der Waals surface area (Å²) in [6.07, 6.45) is -2.29. The van der Waals surface area contributed by atoms with E-state index in [9.17, 15) is 18.0 Å². The molecule has 1 amide bonds. The quantitative estimate of drug-likeness (QED) is 0.512. The normalized spacial score (nSPS) is 16.4. The average Bonchev–Trinajstić information content (AvgIpc) is 3.36. The molecule has 1 fully saturated rings. The van der Waals surface area contributed by atoms with Crippen LogP contribution in [0.2, 0.25) is 0 Å². The summed E-state index contributed by atoms with van der Waals surface area (Å²) in [4.78, 5) is 18.9. The maximum absolute atomic E-state index is 12.7. The molecule has 3 aromatic rings. The molecule has 7 nitrogen and oxygen atoms in total. The number of benzene rings is 2. The molecule has 0 spiro atoms. The highest BCUT2D eigenvalue weighted by Crippen LogP contribution is 2.32. The molecule has 1 aliphatic rings. The van der Waals surface area contributed by atoms with Crippen molar-refractivity contribution in [3.05, 3.63) is 94.7 Å². The number of nitrogens with zero attached hydrogens (tertiary/aromatic N) is 4. The zero-order valence-corrected chi connectivity index (χ0v) is 19.6. The largest absolute Gasteiger partial charge is 0.468 e. The fourth-order valence-electron chi connectivity index (χ4n) is 4.25. The van der Waals surface area contributed by atoms with Crippen molar-refractivity contribution in [1.29, 1.82) is 10.5 Å². The number of nitrogens with one attached hydrogen (secondary N) is 1. The molecule has 1 saturated heterocycles. The summed E-state index contributed by atoms with van der Waals surface area (Å²) >= 11 is 0. The molecule has 4 rings (SSSR count). The number of pyridine rings is 1. The first-order valence-corrected chi connectivity index (χ1v) is 11.5. The molecule has 1 N–H and O–H groups in total. The molecule has 0 bridgehead atoms. The van der Waals surface area contributed by atoms with Gasteiger partial charge in [-0.25, -0.2) is 4.98 Å². The van der Waals surface area contributed by atoms with E-state index in [1.54, 1.807) is 42.5 Å². The van der Waals surface area contributed by atoms with E-state index < -0.39 is 12.8 Å². The van der Waals surface area contributed by atoms with E-state index in [0.29, 0.717) is 36.2 Å². The Bertz CT molecular complexity index is 1310. The van der Waals surface area contributed by atoms with Crippen molar-refractivity contribution in [2.45, 2.75) is 24.7 Å². The lowest BCUT2D eigenvalue weighted by atomic mass is 9.97. The Morgan fingerprint density at radius 2 is 1.65 bits per heavy atom. The minimum absolute atomic E-state index is 0.131. The highest BCUT2D eigenvalue weighted by molar-refractivity contribution is 5.94. The van der Waals surface area contributed by atoms with Gasteiger partial charge in [0.15, 0.2) is 6.61 Å². The van der Waals surface area contributed by atoms with Crippen LogP contribution in [0.4, 0.5) is 13.2 Å². The predicted molar refractivity (Wildman–Crippen MR) is 127 cm³/mol. The molecule has 2 atom stereocenters. The Morgan fingerprint density at radius 1 is 1.03 bits per heavy atom. The molecule has 2 aromatic carbocycles. The third kappa shape index (κ3) is 6.63. The van der Waals surface area contributed by atoms with Crippen LogP contribution in [0.25, 0.3) is 0 Å². The summed E-state index contributed by atoms with van der Waals surface area (Å²) in [6, 6.07) is 20.2. The second-order valence-electron chi connectivity index (χ2n) is 8.61. The summed E-state index contributed by atoms with van der Waals surface area (Å²) < 4.78 is 42.2. The van der Waals surface area contributed by atoms with Gasteiger partial charge in [-0.15, -0.1) is 0 Å². The number of carbonyl (C=O) groups is 1. The van der Waals surface area contributed by atoms with Gasteiger partial charge in [0.05, 0.1) is 29.3 Å². The van der Waals surface area contributed by atoms with E-state index in [1.165, 1.54) is 12.3 Å². The Kier molecular flexibility index (Phi) is 7.71. The van der Waals surface area contributed by atoms with Crippen molar-refractivity contribution >= 4 is 5.91 Å². The fourth-order valence-corrected chi connectivity index (χ4v) is 4.25. The van der Waals surface area contributed by atoms with Crippen LogP contribution in [0, 0.1) is 22.7 Å². The van der Waals surface area contributed by atoms with Crippen LogP contribution >= 0.6 is 0 Å². The van der Waals surface area contributed by atoms with Crippen LogP contribution in [0.1, 0.15) is 45.1 Å². The number of halogens is 3. The first-order chi connectivity index (χ1) is 17.8. The summed E-state index contributed by atoms with van der Waals surface area (Å²) in [5.41, 5.74) is 3.05. The van der Waals surface area contributed by atoms with Gasteiger partial charge in [0, 0.05) is 37.0 Å². The topological polar surface area (TPSA) is 102 Å². The molecule has 0 saturated carbocycles. The van der Waals surface area contributed by atoms with Gasteiger partial charge in [-0.3, -0.25) is 9.69 Å². The summed E-state index contributed by atoms with van der Waals surface area (Å²) in [7, 11) is 0. The Balaban J connectivity index is 1.51. The Labute approximate surface area is 211 Å². The van der Waals surface area contributed by atoms with E-state index in [0.717, 1.165) is 11.1 Å². The van der Waals surface area contributed by atoms with Crippen LogP contribution in [-0.4, -0.2) is 47.7 Å². The highest BCUT2D eigenvalue weighted by Gasteiger charge is 2.32. The minimum Gasteiger partial charge on any atom is -0.468 e. The number of carbonyl (C=O) groups excluding carboxylic acids is 1. The molecule has 37 heavy (non-hydrogen) atoms. The lowest BCUT2D eigenvalue weighted by Gasteiger charge is -2.29. The molecule has 1 aromatic heterocycles. The SMILES string of the molecule is N#Cc1ccc(C(=O)NC2CCN(C(c3ccc(C#N)cc3)c3ccc(OCC(F)(F)F)nc3)C2)cc1. The van der Waals surface area contributed by atoms with Crippen molar-refractivity contribution in [1.82, 2.24) is 15.2 Å². The van der Waals surface area contributed by atoms with Gasteiger partial charge >= 0.3 is 6.18 Å². The minimum atomic E-state index is -4.46. The molecular weight excluding hydrogens is 483 g/mol. The summed E-state index contributed by atoms with van der Waals surface area (Å²) in [5.74, 6) is -0.368. The third-order valence-electron chi connectivity index (χ3n) is 6.01. The highest BCUT2D eigenvalue weighted by atomic mass is 19.4. The Morgan fingerprint density at radius 3 is 2.22 bits per heavy atom. The number of hydrogen-bond acceptors (Lipinski definition) is 6. The molecule has 0 radical (unpaired) electrons. The van der Waals surface area contributed by atoms with E-state index in [1.807, 2.05) is 18.2 Å². The molecule has 188 valence electrons. The second-order valence-corrected chi connectivity index (χ2v) is 8.61. The van der Waals surface area contributed by atoms with E-state index in [-0.39, 0.29) is 23.9 Å². The lowest BCUT2D eigenvalue weighted by molar-refractivity contribution is -0.154. The van der Waals surface area contributed by atoms with Gasteiger partial charge in [0.25, 0.3) is 5.91 Å².